The molecule has 2 aromatic rings. The fourth-order valence-electron chi connectivity index (χ4n) is 1.52. The second-order valence-electron chi connectivity index (χ2n) is 3.10. The molecule has 0 atom stereocenters. The van der Waals surface area contributed by atoms with Crippen molar-refractivity contribution >= 4 is 6.20 Å². The molecule has 0 spiro atoms. The molecule has 0 aliphatic carbocycles. The summed E-state index contributed by atoms with van der Waals surface area (Å²) < 4.78 is 7.05. The molecule has 74 valence electrons. The number of aromatic hydroxyl groups is 1. The first-order valence-electron chi connectivity index (χ1n) is 4.40. The van der Waals surface area contributed by atoms with Crippen molar-refractivity contribution in [1.29, 1.82) is 0 Å². The highest BCUT2D eigenvalue weighted by molar-refractivity contribution is 5.67. The van der Waals surface area contributed by atoms with Gasteiger partial charge in [-0.1, -0.05) is 0 Å². The summed E-state index contributed by atoms with van der Waals surface area (Å²) in [5, 5.41) is 9.31. The molecule has 0 amide bonds. The molecule has 1 aliphatic rings. The predicted molar refractivity (Wildman–Crippen MR) is 53.1 cm³/mol. The molecule has 1 aliphatic heterocycles. The van der Waals surface area contributed by atoms with E-state index in [1.54, 1.807) is 29.2 Å². The minimum atomic E-state index is -0.0219. The summed E-state index contributed by atoms with van der Waals surface area (Å²) >= 11 is 0. The van der Waals surface area contributed by atoms with Gasteiger partial charge < -0.3 is 9.84 Å². The average Bonchev–Trinajstić information content (AvgIpc) is 2.52. The number of hydrogen-bond donors (Lipinski definition) is 1. The van der Waals surface area contributed by atoms with E-state index in [4.69, 9.17) is 4.74 Å². The number of pyridine rings is 1. The lowest BCUT2D eigenvalue weighted by Gasteiger charge is -2.02. The van der Waals surface area contributed by atoms with Crippen LogP contribution in [0.3, 0.4) is 0 Å². The van der Waals surface area contributed by atoms with E-state index in [-0.39, 0.29) is 5.88 Å². The molecule has 5 nitrogen and oxygen atoms in total. The van der Waals surface area contributed by atoms with Gasteiger partial charge in [-0.2, -0.15) is 4.98 Å². The third-order valence-electron chi connectivity index (χ3n) is 2.16. The highest BCUT2D eigenvalue weighted by Crippen LogP contribution is 2.31. The monoisotopic (exact) mass is 201 g/mol. The highest BCUT2D eigenvalue weighted by Gasteiger charge is 2.15. The number of hydrogen-bond acceptors (Lipinski definition) is 4. The zero-order valence-electron chi connectivity index (χ0n) is 7.66. The fourth-order valence-corrected chi connectivity index (χ4v) is 1.52. The Balaban J connectivity index is 2.32. The average molecular weight is 201 g/mol. The quantitative estimate of drug-likeness (QED) is 0.701. The molecule has 0 fully saturated rings. The Morgan fingerprint density at radius 1 is 1.40 bits per heavy atom. The summed E-state index contributed by atoms with van der Waals surface area (Å²) in [6, 6.07) is 1.75. The molecular weight excluding hydrogens is 194 g/mol. The van der Waals surface area contributed by atoms with Gasteiger partial charge in [-0.15, -0.1) is 0 Å². The Morgan fingerprint density at radius 2 is 2.33 bits per heavy atom. The first kappa shape index (κ1) is 8.05. The third-order valence-corrected chi connectivity index (χ3v) is 2.16. The lowest BCUT2D eigenvalue weighted by atomic mass is 10.2. The second kappa shape index (κ2) is 2.84. The summed E-state index contributed by atoms with van der Waals surface area (Å²) in [4.78, 5) is 8.00. The molecular formula is C10H7N3O2. The number of aromatic nitrogens is 3. The summed E-state index contributed by atoms with van der Waals surface area (Å²) in [5.74, 6) is 1.27. The fraction of sp³-hybridized carbons (Fsp3) is 0. The van der Waals surface area contributed by atoms with Crippen molar-refractivity contribution < 1.29 is 9.84 Å². The van der Waals surface area contributed by atoms with Crippen LogP contribution in [0.4, 0.5) is 0 Å². The molecule has 0 bridgehead atoms. The van der Waals surface area contributed by atoms with E-state index in [2.05, 4.69) is 9.97 Å². The van der Waals surface area contributed by atoms with Crippen LogP contribution in [-0.2, 0) is 0 Å². The normalized spacial score (nSPS) is 12.5. The Labute approximate surface area is 85.3 Å². The molecule has 0 saturated heterocycles. The van der Waals surface area contributed by atoms with Crippen LogP contribution in [0, 0.1) is 0 Å². The van der Waals surface area contributed by atoms with Gasteiger partial charge in [-0.05, 0) is 6.07 Å². The lowest BCUT2D eigenvalue weighted by molar-refractivity contribution is 0.456. The summed E-state index contributed by atoms with van der Waals surface area (Å²) in [6.45, 7) is 0. The van der Waals surface area contributed by atoms with Crippen LogP contribution in [0.1, 0.15) is 0 Å². The van der Waals surface area contributed by atoms with Crippen molar-refractivity contribution in [3.63, 3.8) is 0 Å². The molecule has 0 aromatic carbocycles. The zero-order valence-corrected chi connectivity index (χ0v) is 7.66. The Kier molecular flexibility index (Phi) is 1.53. The Bertz CT molecular complexity index is 545. The summed E-state index contributed by atoms with van der Waals surface area (Å²) in [5.41, 5.74) is 0.753. The number of rotatable bonds is 0. The van der Waals surface area contributed by atoms with Gasteiger partial charge in [0.1, 0.15) is 12.0 Å². The molecule has 5 heteroatoms. The van der Waals surface area contributed by atoms with E-state index in [0.29, 0.717) is 11.6 Å². The van der Waals surface area contributed by atoms with Crippen LogP contribution < -0.4 is 4.74 Å². The van der Waals surface area contributed by atoms with E-state index in [0.717, 1.165) is 5.56 Å². The van der Waals surface area contributed by atoms with Gasteiger partial charge >= 0.3 is 0 Å². The maximum atomic E-state index is 9.31. The molecule has 3 rings (SSSR count). The summed E-state index contributed by atoms with van der Waals surface area (Å²) in [7, 11) is 0. The maximum absolute atomic E-state index is 9.31. The molecule has 2 aromatic heterocycles. The molecule has 0 saturated carbocycles. The van der Waals surface area contributed by atoms with E-state index < -0.39 is 0 Å². The van der Waals surface area contributed by atoms with Gasteiger partial charge in [0.2, 0.25) is 5.88 Å². The molecule has 1 N–H and O–H groups in total. The Hall–Kier alpha value is -2.30. The van der Waals surface area contributed by atoms with E-state index in [9.17, 15) is 5.11 Å². The van der Waals surface area contributed by atoms with Gasteiger partial charge in [-0.25, -0.2) is 0 Å². The minimum Gasteiger partial charge on any atom is -0.492 e. The van der Waals surface area contributed by atoms with Gasteiger partial charge in [0.05, 0.1) is 11.8 Å². The molecule has 3 heterocycles. The van der Waals surface area contributed by atoms with Crippen molar-refractivity contribution in [1.82, 2.24) is 14.5 Å². The third kappa shape index (κ3) is 1.17. The van der Waals surface area contributed by atoms with Crippen LogP contribution in [0.2, 0.25) is 0 Å². The van der Waals surface area contributed by atoms with Crippen LogP contribution >= 0.6 is 0 Å². The van der Waals surface area contributed by atoms with Crippen molar-refractivity contribution in [3.8, 4) is 23.0 Å². The predicted octanol–water partition coefficient (Wildman–Crippen LogP) is 1.47. The van der Waals surface area contributed by atoms with Crippen molar-refractivity contribution in [2.24, 2.45) is 0 Å². The maximum Gasteiger partial charge on any atom is 0.230 e. The minimum absolute atomic E-state index is 0.0219. The Morgan fingerprint density at radius 3 is 3.27 bits per heavy atom. The van der Waals surface area contributed by atoms with E-state index in [1.165, 1.54) is 12.5 Å². The van der Waals surface area contributed by atoms with Crippen LogP contribution in [-0.4, -0.2) is 19.6 Å². The van der Waals surface area contributed by atoms with Gasteiger partial charge in [0.15, 0.2) is 5.82 Å². The van der Waals surface area contributed by atoms with Crippen LogP contribution in [0.25, 0.3) is 17.6 Å². The van der Waals surface area contributed by atoms with Gasteiger partial charge in [-0.3, -0.25) is 9.55 Å². The van der Waals surface area contributed by atoms with Crippen molar-refractivity contribution in [2.45, 2.75) is 0 Å². The van der Waals surface area contributed by atoms with Gasteiger partial charge in [0.25, 0.3) is 0 Å². The van der Waals surface area contributed by atoms with E-state index >= 15 is 0 Å². The molecule has 0 unspecified atom stereocenters. The van der Waals surface area contributed by atoms with Crippen molar-refractivity contribution in [3.05, 3.63) is 30.9 Å². The van der Waals surface area contributed by atoms with E-state index in [1.807, 2.05) is 0 Å². The second-order valence-corrected chi connectivity index (χ2v) is 3.10. The smallest absolute Gasteiger partial charge is 0.230 e. The van der Waals surface area contributed by atoms with Crippen molar-refractivity contribution in [2.75, 3.05) is 0 Å². The molecule has 15 heavy (non-hydrogen) atoms. The number of imidazole rings is 1. The highest BCUT2D eigenvalue weighted by atomic mass is 16.5. The summed E-state index contributed by atoms with van der Waals surface area (Å²) in [6.07, 6.45) is 8.03. The topological polar surface area (TPSA) is 60.2 Å². The SMILES string of the molecule is Oc1cn2c(n1)-c1cnccc1OC=C2. The van der Waals surface area contributed by atoms with Crippen LogP contribution in [0.15, 0.2) is 30.9 Å². The standard InChI is InChI=1S/C10H7N3O2/c14-9-6-13-3-4-15-8-1-2-11-5-7(8)10(13)12-9/h1-6,14H. The molecule has 0 radical (unpaired) electrons. The number of fused-ring (bicyclic) bond motifs is 3. The largest absolute Gasteiger partial charge is 0.492 e. The zero-order chi connectivity index (χ0) is 10.3. The van der Waals surface area contributed by atoms with Gasteiger partial charge in [0, 0.05) is 18.6 Å². The first-order chi connectivity index (χ1) is 7.34. The van der Waals surface area contributed by atoms with Crippen LogP contribution in [0.5, 0.6) is 11.6 Å². The number of ether oxygens (including phenoxy) is 1. The lowest BCUT2D eigenvalue weighted by Crippen LogP contribution is -1.89. The first-order valence-corrected chi connectivity index (χ1v) is 4.40. The number of nitrogens with zero attached hydrogens (tertiary/aromatic N) is 3.